The number of thiazole rings is 1. The van der Waals surface area contributed by atoms with E-state index in [9.17, 15) is 9.59 Å². The van der Waals surface area contributed by atoms with E-state index < -0.39 is 5.97 Å². The molecule has 0 unspecified atom stereocenters. The van der Waals surface area contributed by atoms with E-state index in [1.165, 1.54) is 18.4 Å². The van der Waals surface area contributed by atoms with Gasteiger partial charge < -0.3 is 19.5 Å². The van der Waals surface area contributed by atoms with Gasteiger partial charge in [0.2, 0.25) is 5.91 Å². The molecule has 2 aromatic rings. The lowest BCUT2D eigenvalue weighted by molar-refractivity contribution is -0.143. The molecule has 0 atom stereocenters. The van der Waals surface area contributed by atoms with Gasteiger partial charge in [0.25, 0.3) is 0 Å². The summed E-state index contributed by atoms with van der Waals surface area (Å²) in [7, 11) is 4.59. The molecule has 8 heteroatoms. The second-order valence-corrected chi connectivity index (χ2v) is 5.89. The highest BCUT2D eigenvalue weighted by molar-refractivity contribution is 7.13. The molecule has 128 valence electrons. The SMILES string of the molecule is COc1ccc(-c2nc(CC(=O)N(C)CC(=O)O)cs2)cc1OC. The standard InChI is InChI=1S/C16H18N2O5S/c1-18(8-15(20)21)14(19)7-11-9-24-16(17-11)10-4-5-12(22-2)13(6-10)23-3/h4-6,9H,7-8H2,1-3H3,(H,20,21). The average molecular weight is 350 g/mol. The van der Waals surface area contributed by atoms with Crippen molar-refractivity contribution in [2.45, 2.75) is 6.42 Å². The van der Waals surface area contributed by atoms with Crippen LogP contribution in [0, 0.1) is 0 Å². The first-order chi connectivity index (χ1) is 11.4. The van der Waals surface area contributed by atoms with Crippen LogP contribution in [0.1, 0.15) is 5.69 Å². The fourth-order valence-corrected chi connectivity index (χ4v) is 2.89. The third-order valence-electron chi connectivity index (χ3n) is 3.31. The van der Waals surface area contributed by atoms with Crippen LogP contribution in [-0.4, -0.2) is 54.7 Å². The molecule has 0 aliphatic rings. The Morgan fingerprint density at radius 2 is 1.96 bits per heavy atom. The molecular weight excluding hydrogens is 332 g/mol. The van der Waals surface area contributed by atoms with Crippen LogP contribution in [0.15, 0.2) is 23.6 Å². The molecule has 0 bridgehead atoms. The normalized spacial score (nSPS) is 10.3. The predicted octanol–water partition coefficient (Wildman–Crippen LogP) is 1.91. The number of methoxy groups -OCH3 is 2. The van der Waals surface area contributed by atoms with Crippen molar-refractivity contribution in [2.75, 3.05) is 27.8 Å². The Bertz CT molecular complexity index is 744. The van der Waals surface area contributed by atoms with Gasteiger partial charge in [-0.05, 0) is 18.2 Å². The fraction of sp³-hybridized carbons (Fsp3) is 0.312. The van der Waals surface area contributed by atoms with E-state index in [0.717, 1.165) is 15.5 Å². The number of carbonyl (C=O) groups excluding carboxylic acids is 1. The summed E-state index contributed by atoms with van der Waals surface area (Å²) >= 11 is 1.41. The van der Waals surface area contributed by atoms with E-state index in [4.69, 9.17) is 14.6 Å². The zero-order valence-corrected chi connectivity index (χ0v) is 14.4. The lowest BCUT2D eigenvalue weighted by Gasteiger charge is -2.13. The Hall–Kier alpha value is -2.61. The van der Waals surface area contributed by atoms with Crippen LogP contribution >= 0.6 is 11.3 Å². The van der Waals surface area contributed by atoms with Crippen molar-refractivity contribution in [3.63, 3.8) is 0 Å². The number of rotatable bonds is 7. The largest absolute Gasteiger partial charge is 0.493 e. The summed E-state index contributed by atoms with van der Waals surface area (Å²) in [4.78, 5) is 28.2. The maximum atomic E-state index is 12.0. The molecular formula is C16H18N2O5S. The monoisotopic (exact) mass is 350 g/mol. The number of ether oxygens (including phenoxy) is 2. The lowest BCUT2D eigenvalue weighted by atomic mass is 10.2. The molecule has 0 aliphatic heterocycles. The molecule has 1 N–H and O–H groups in total. The van der Waals surface area contributed by atoms with E-state index in [2.05, 4.69) is 4.98 Å². The maximum absolute atomic E-state index is 12.0. The summed E-state index contributed by atoms with van der Waals surface area (Å²) in [5.41, 5.74) is 1.46. The van der Waals surface area contributed by atoms with E-state index >= 15 is 0 Å². The van der Waals surface area contributed by atoms with Crippen molar-refractivity contribution in [3.8, 4) is 22.1 Å². The van der Waals surface area contributed by atoms with Crippen molar-refractivity contribution in [1.82, 2.24) is 9.88 Å². The summed E-state index contributed by atoms with van der Waals surface area (Å²) in [5, 5.41) is 11.3. The molecule has 1 aromatic heterocycles. The number of carboxylic acid groups (broad SMARTS) is 1. The average Bonchev–Trinajstić information content (AvgIpc) is 3.01. The van der Waals surface area contributed by atoms with Gasteiger partial charge in [0.1, 0.15) is 11.6 Å². The number of amides is 1. The first-order valence-corrected chi connectivity index (χ1v) is 7.95. The molecule has 0 aliphatic carbocycles. The first-order valence-electron chi connectivity index (χ1n) is 7.07. The minimum absolute atomic E-state index is 0.0631. The van der Waals surface area contributed by atoms with Crippen molar-refractivity contribution in [3.05, 3.63) is 29.3 Å². The highest BCUT2D eigenvalue weighted by atomic mass is 32.1. The number of likely N-dealkylation sites (N-methyl/N-ethyl adjacent to an activating group) is 1. The number of aromatic nitrogens is 1. The number of hydrogen-bond acceptors (Lipinski definition) is 6. The first kappa shape index (κ1) is 17.7. The van der Waals surface area contributed by atoms with Gasteiger partial charge in [-0.2, -0.15) is 0 Å². The summed E-state index contributed by atoms with van der Waals surface area (Å²) in [6, 6.07) is 5.48. The molecule has 0 radical (unpaired) electrons. The summed E-state index contributed by atoms with van der Waals surface area (Å²) in [6.45, 7) is -0.328. The third kappa shape index (κ3) is 4.23. The Morgan fingerprint density at radius 1 is 1.25 bits per heavy atom. The zero-order chi connectivity index (χ0) is 17.7. The molecule has 1 aromatic carbocycles. The maximum Gasteiger partial charge on any atom is 0.323 e. The molecule has 0 saturated heterocycles. The number of carbonyl (C=O) groups is 2. The zero-order valence-electron chi connectivity index (χ0n) is 13.6. The van der Waals surface area contributed by atoms with E-state index in [1.54, 1.807) is 25.7 Å². The Labute approximate surface area is 143 Å². The second kappa shape index (κ2) is 7.78. The van der Waals surface area contributed by atoms with Gasteiger partial charge >= 0.3 is 5.97 Å². The minimum Gasteiger partial charge on any atom is -0.493 e. The summed E-state index contributed by atoms with van der Waals surface area (Å²) < 4.78 is 10.5. The third-order valence-corrected chi connectivity index (χ3v) is 4.25. The molecule has 0 spiro atoms. The van der Waals surface area contributed by atoms with Crippen molar-refractivity contribution < 1.29 is 24.2 Å². The Kier molecular flexibility index (Phi) is 5.75. The second-order valence-electron chi connectivity index (χ2n) is 5.03. The molecule has 2 rings (SSSR count). The molecule has 24 heavy (non-hydrogen) atoms. The Balaban J connectivity index is 2.13. The van der Waals surface area contributed by atoms with Gasteiger partial charge in [-0.1, -0.05) is 0 Å². The summed E-state index contributed by atoms with van der Waals surface area (Å²) in [5.74, 6) is -0.107. The van der Waals surface area contributed by atoms with Crippen LogP contribution in [-0.2, 0) is 16.0 Å². The van der Waals surface area contributed by atoms with Crippen LogP contribution in [0.3, 0.4) is 0 Å². The van der Waals surface area contributed by atoms with Crippen LogP contribution in [0.5, 0.6) is 11.5 Å². The van der Waals surface area contributed by atoms with E-state index in [1.807, 2.05) is 12.1 Å². The van der Waals surface area contributed by atoms with Gasteiger partial charge in [0, 0.05) is 18.0 Å². The predicted molar refractivity (Wildman–Crippen MR) is 89.6 cm³/mol. The van der Waals surface area contributed by atoms with E-state index in [-0.39, 0.29) is 18.9 Å². The van der Waals surface area contributed by atoms with Gasteiger partial charge in [0.15, 0.2) is 11.5 Å². The molecule has 1 heterocycles. The lowest BCUT2D eigenvalue weighted by Crippen LogP contribution is -2.33. The van der Waals surface area contributed by atoms with Gasteiger partial charge in [-0.25, -0.2) is 4.98 Å². The number of aliphatic carboxylic acids is 1. The van der Waals surface area contributed by atoms with Crippen LogP contribution < -0.4 is 9.47 Å². The van der Waals surface area contributed by atoms with E-state index in [0.29, 0.717) is 17.2 Å². The quantitative estimate of drug-likeness (QED) is 0.820. The van der Waals surface area contributed by atoms with Gasteiger partial charge in [0.05, 0.1) is 26.3 Å². The molecule has 0 saturated carbocycles. The smallest absolute Gasteiger partial charge is 0.323 e. The minimum atomic E-state index is -1.05. The van der Waals surface area contributed by atoms with Crippen molar-refractivity contribution >= 4 is 23.2 Å². The van der Waals surface area contributed by atoms with Crippen LogP contribution in [0.2, 0.25) is 0 Å². The summed E-state index contributed by atoms with van der Waals surface area (Å²) in [6.07, 6.45) is 0.0631. The van der Waals surface area contributed by atoms with Gasteiger partial charge in [-0.3, -0.25) is 9.59 Å². The number of benzene rings is 1. The number of nitrogens with zero attached hydrogens (tertiary/aromatic N) is 2. The molecule has 0 fully saturated rings. The van der Waals surface area contributed by atoms with Gasteiger partial charge in [-0.15, -0.1) is 11.3 Å². The van der Waals surface area contributed by atoms with Crippen molar-refractivity contribution in [2.24, 2.45) is 0 Å². The van der Waals surface area contributed by atoms with Crippen LogP contribution in [0.4, 0.5) is 0 Å². The highest BCUT2D eigenvalue weighted by Crippen LogP contribution is 2.33. The van der Waals surface area contributed by atoms with Crippen molar-refractivity contribution in [1.29, 1.82) is 0 Å². The highest BCUT2D eigenvalue weighted by Gasteiger charge is 2.15. The number of carboxylic acids is 1. The fourth-order valence-electron chi connectivity index (χ4n) is 2.07. The molecule has 1 amide bonds. The number of hydrogen-bond donors (Lipinski definition) is 1. The van der Waals surface area contributed by atoms with Crippen LogP contribution in [0.25, 0.3) is 10.6 Å². The Morgan fingerprint density at radius 3 is 2.58 bits per heavy atom. The topological polar surface area (TPSA) is 89.0 Å². The molecule has 7 nitrogen and oxygen atoms in total.